The number of benzene rings is 2. The fourth-order valence-electron chi connectivity index (χ4n) is 3.50. The smallest absolute Gasteiger partial charge is 0.337 e. The van der Waals surface area contributed by atoms with Crippen molar-refractivity contribution < 1.29 is 19.0 Å². The summed E-state index contributed by atoms with van der Waals surface area (Å²) in [4.78, 5) is 16.3. The molecule has 0 aliphatic carbocycles. The Labute approximate surface area is 213 Å². The Morgan fingerprint density at radius 1 is 1.26 bits per heavy atom. The van der Waals surface area contributed by atoms with Crippen LogP contribution in [0.15, 0.2) is 46.1 Å². The summed E-state index contributed by atoms with van der Waals surface area (Å²) in [5.74, 6) is 0.330. The number of aromatic nitrogens is 1. The molecule has 2 heterocycles. The highest BCUT2D eigenvalue weighted by atomic mass is 35.5. The number of aryl methyl sites for hydroxylation is 2. The van der Waals surface area contributed by atoms with Crippen LogP contribution < -0.4 is 9.04 Å². The molecule has 0 saturated carbocycles. The van der Waals surface area contributed by atoms with Gasteiger partial charge in [-0.2, -0.15) is 0 Å². The zero-order chi connectivity index (χ0) is 24.3. The monoisotopic (exact) mass is 518 g/mol. The molecular weight excluding hydrogens is 492 g/mol. The van der Waals surface area contributed by atoms with E-state index in [1.54, 1.807) is 35.4 Å². The molecule has 0 bridgehead atoms. The van der Waals surface area contributed by atoms with Crippen LogP contribution in [0.3, 0.4) is 0 Å². The quantitative estimate of drug-likeness (QED) is 0.242. The van der Waals surface area contributed by atoms with Gasteiger partial charge in [0.15, 0.2) is 4.34 Å². The average Bonchev–Trinajstić information content (AvgIpc) is 3.22. The molecule has 1 fully saturated rings. The Kier molecular flexibility index (Phi) is 7.72. The van der Waals surface area contributed by atoms with E-state index in [4.69, 9.17) is 25.8 Å². The summed E-state index contributed by atoms with van der Waals surface area (Å²) in [5.41, 5.74) is 4.41. The van der Waals surface area contributed by atoms with Crippen molar-refractivity contribution in [1.82, 2.24) is 4.98 Å². The Balaban J connectivity index is 1.60. The summed E-state index contributed by atoms with van der Waals surface area (Å²) in [7, 11) is 1.37. The van der Waals surface area contributed by atoms with Crippen molar-refractivity contribution in [3.05, 3.63) is 69.2 Å². The Bertz CT molecular complexity index is 1160. The van der Waals surface area contributed by atoms with Gasteiger partial charge in [0.1, 0.15) is 12.4 Å². The molecule has 6 nitrogen and oxygen atoms in total. The zero-order valence-electron chi connectivity index (χ0n) is 19.6. The van der Waals surface area contributed by atoms with Crippen LogP contribution in [-0.2, 0) is 16.1 Å². The molecule has 3 aromatic rings. The molecule has 2 aromatic carbocycles. The molecule has 1 aromatic heterocycles. The summed E-state index contributed by atoms with van der Waals surface area (Å²) >= 11 is 9.73. The van der Waals surface area contributed by atoms with E-state index < -0.39 is 0 Å². The summed E-state index contributed by atoms with van der Waals surface area (Å²) in [6.07, 6.45) is 0. The molecule has 1 aliphatic rings. The number of rotatable bonds is 9. The van der Waals surface area contributed by atoms with Gasteiger partial charge in [0, 0.05) is 46.1 Å². The maximum Gasteiger partial charge on any atom is 0.337 e. The largest absolute Gasteiger partial charge is 0.487 e. The van der Waals surface area contributed by atoms with Crippen LogP contribution in [0.25, 0.3) is 0 Å². The first-order valence-corrected chi connectivity index (χ1v) is 12.8. The van der Waals surface area contributed by atoms with Crippen LogP contribution in [0.1, 0.15) is 34.1 Å². The van der Waals surface area contributed by atoms with Crippen LogP contribution in [0.4, 0.5) is 5.69 Å². The van der Waals surface area contributed by atoms with Gasteiger partial charge in [0.05, 0.1) is 31.6 Å². The lowest BCUT2D eigenvalue weighted by molar-refractivity contribution is -0.0939. The van der Waals surface area contributed by atoms with Crippen molar-refractivity contribution in [2.45, 2.75) is 31.7 Å². The number of methoxy groups -OCH3 is 1. The van der Waals surface area contributed by atoms with E-state index in [0.717, 1.165) is 46.6 Å². The van der Waals surface area contributed by atoms with Gasteiger partial charge in [0.25, 0.3) is 0 Å². The zero-order valence-corrected chi connectivity index (χ0v) is 22.0. The lowest BCUT2D eigenvalue weighted by Crippen LogP contribution is -2.47. The minimum absolute atomic E-state index is 0.0494. The number of ether oxygens (including phenoxy) is 3. The minimum Gasteiger partial charge on any atom is -0.487 e. The van der Waals surface area contributed by atoms with Gasteiger partial charge in [-0.1, -0.05) is 30.7 Å². The van der Waals surface area contributed by atoms with Gasteiger partial charge in [-0.05, 0) is 43.2 Å². The summed E-state index contributed by atoms with van der Waals surface area (Å²) in [5, 5.41) is 2.70. The number of carbonyl (C=O) groups is 1. The fourth-order valence-corrected chi connectivity index (χ4v) is 5.75. The van der Waals surface area contributed by atoms with E-state index in [2.05, 4.69) is 27.7 Å². The molecule has 0 radical (unpaired) electrons. The van der Waals surface area contributed by atoms with Crippen molar-refractivity contribution >= 4 is 46.5 Å². The molecule has 0 amide bonds. The predicted molar refractivity (Wildman–Crippen MR) is 137 cm³/mol. The molecule has 1 aliphatic heterocycles. The maximum absolute atomic E-state index is 11.7. The van der Waals surface area contributed by atoms with E-state index in [0.29, 0.717) is 22.9 Å². The fraction of sp³-hybridized carbons (Fsp3) is 0.360. The number of nitrogens with zero attached hydrogens (tertiary/aromatic N) is 2. The van der Waals surface area contributed by atoms with E-state index in [1.807, 2.05) is 32.0 Å². The summed E-state index contributed by atoms with van der Waals surface area (Å²) in [6.45, 7) is 8.77. The molecule has 1 saturated heterocycles. The standard InChI is InChI=1S/C25H27ClN2O4S2/c1-16-9-21(28(13-25(3)14-31-15-25)34-24-27-17(2)12-33-24)22(10-20(16)26)32-11-18-5-7-19(8-6-18)23(29)30-4/h5-10,12H,11,13-15H2,1-4H3. The second kappa shape index (κ2) is 10.6. The van der Waals surface area contributed by atoms with E-state index in [9.17, 15) is 4.79 Å². The first kappa shape index (κ1) is 24.9. The number of carbonyl (C=O) groups excluding carboxylic acids is 1. The number of halogens is 1. The lowest BCUT2D eigenvalue weighted by Gasteiger charge is -2.42. The highest BCUT2D eigenvalue weighted by molar-refractivity contribution is 8.02. The average molecular weight is 519 g/mol. The maximum atomic E-state index is 11.7. The first-order valence-electron chi connectivity index (χ1n) is 10.8. The van der Waals surface area contributed by atoms with E-state index >= 15 is 0 Å². The third-order valence-electron chi connectivity index (χ3n) is 5.49. The van der Waals surface area contributed by atoms with E-state index in [-0.39, 0.29) is 11.4 Å². The molecule has 0 atom stereocenters. The lowest BCUT2D eigenvalue weighted by atomic mass is 9.88. The normalized spacial score (nSPS) is 14.4. The van der Waals surface area contributed by atoms with Gasteiger partial charge in [0.2, 0.25) is 0 Å². The van der Waals surface area contributed by atoms with Crippen molar-refractivity contribution in [3.63, 3.8) is 0 Å². The first-order chi connectivity index (χ1) is 16.3. The van der Waals surface area contributed by atoms with Gasteiger partial charge >= 0.3 is 5.97 Å². The highest BCUT2D eigenvalue weighted by Gasteiger charge is 2.37. The van der Waals surface area contributed by atoms with Gasteiger partial charge in [-0.15, -0.1) is 11.3 Å². The predicted octanol–water partition coefficient (Wildman–Crippen LogP) is 6.33. The molecule has 0 unspecified atom stereocenters. The Morgan fingerprint density at radius 2 is 2.00 bits per heavy atom. The molecule has 0 spiro atoms. The Morgan fingerprint density at radius 3 is 2.59 bits per heavy atom. The minimum atomic E-state index is -0.362. The number of thiazole rings is 1. The van der Waals surface area contributed by atoms with Crippen LogP contribution >= 0.6 is 34.9 Å². The molecule has 0 N–H and O–H groups in total. The van der Waals surface area contributed by atoms with Gasteiger partial charge < -0.3 is 18.5 Å². The third kappa shape index (κ3) is 5.86. The Hall–Kier alpha value is -2.26. The van der Waals surface area contributed by atoms with E-state index in [1.165, 1.54) is 7.11 Å². The van der Waals surface area contributed by atoms with Crippen LogP contribution in [0, 0.1) is 19.3 Å². The SMILES string of the molecule is COC(=O)c1ccc(COc2cc(Cl)c(C)cc2N(CC2(C)COC2)Sc2nc(C)cs2)cc1. The number of esters is 1. The number of anilines is 1. The summed E-state index contributed by atoms with van der Waals surface area (Å²) < 4.78 is 19.8. The molecule has 9 heteroatoms. The molecule has 34 heavy (non-hydrogen) atoms. The molecular formula is C25H27ClN2O4S2. The molecule has 180 valence electrons. The second-order valence-electron chi connectivity index (χ2n) is 8.73. The molecule has 4 rings (SSSR count). The second-order valence-corrected chi connectivity index (χ2v) is 11.3. The number of hydrogen-bond acceptors (Lipinski definition) is 8. The van der Waals surface area contributed by atoms with Crippen molar-refractivity contribution in [3.8, 4) is 5.75 Å². The van der Waals surface area contributed by atoms with Gasteiger partial charge in [-0.25, -0.2) is 9.78 Å². The van der Waals surface area contributed by atoms with Crippen molar-refractivity contribution in [2.24, 2.45) is 5.41 Å². The van der Waals surface area contributed by atoms with Crippen molar-refractivity contribution in [1.29, 1.82) is 0 Å². The topological polar surface area (TPSA) is 60.9 Å². The van der Waals surface area contributed by atoms with Gasteiger partial charge in [-0.3, -0.25) is 0 Å². The highest BCUT2D eigenvalue weighted by Crippen LogP contribution is 2.43. The van der Waals surface area contributed by atoms with Crippen molar-refractivity contribution in [2.75, 3.05) is 31.2 Å². The third-order valence-corrected chi connectivity index (χ3v) is 7.96. The van der Waals surface area contributed by atoms with Crippen LogP contribution in [0.2, 0.25) is 5.02 Å². The van der Waals surface area contributed by atoms with Crippen LogP contribution in [-0.4, -0.2) is 37.8 Å². The summed E-state index contributed by atoms with van der Waals surface area (Å²) in [6, 6.07) is 11.1. The number of hydrogen-bond donors (Lipinski definition) is 0. The van der Waals surface area contributed by atoms with Crippen LogP contribution in [0.5, 0.6) is 5.75 Å².